The van der Waals surface area contributed by atoms with Crippen LogP contribution in [0.2, 0.25) is 0 Å². The highest BCUT2D eigenvalue weighted by Crippen LogP contribution is 2.47. The van der Waals surface area contributed by atoms with Crippen molar-refractivity contribution in [3.63, 3.8) is 0 Å². The molecule has 0 spiro atoms. The van der Waals surface area contributed by atoms with Crippen LogP contribution in [-0.4, -0.2) is 12.7 Å². The van der Waals surface area contributed by atoms with Crippen molar-refractivity contribution in [2.45, 2.75) is 31.6 Å². The van der Waals surface area contributed by atoms with Gasteiger partial charge in [-0.3, -0.25) is 0 Å². The average Bonchev–Trinajstić information content (AvgIpc) is 3.07. The van der Waals surface area contributed by atoms with Gasteiger partial charge in [0.05, 0.1) is 5.56 Å². The van der Waals surface area contributed by atoms with E-state index in [0.29, 0.717) is 12.8 Å². The predicted molar refractivity (Wildman–Crippen MR) is 59.5 cm³/mol. The van der Waals surface area contributed by atoms with Crippen LogP contribution in [0.4, 0.5) is 26.3 Å². The summed E-state index contributed by atoms with van der Waals surface area (Å²) in [5.41, 5.74) is 5.32. The second-order valence-corrected chi connectivity index (χ2v) is 4.63. The number of benzene rings is 1. The summed E-state index contributed by atoms with van der Waals surface area (Å²) < 4.78 is 81.6. The fraction of sp³-hybridized carbons (Fsp3) is 0.500. The fourth-order valence-electron chi connectivity index (χ4n) is 1.97. The summed E-state index contributed by atoms with van der Waals surface area (Å²) >= 11 is 0. The van der Waals surface area contributed by atoms with Crippen LogP contribution in [0.25, 0.3) is 0 Å². The van der Waals surface area contributed by atoms with E-state index in [1.165, 1.54) is 0 Å². The fourth-order valence-corrected chi connectivity index (χ4v) is 1.97. The normalized spacial score (nSPS) is 17.5. The summed E-state index contributed by atoms with van der Waals surface area (Å²) in [6, 6.07) is 1.79. The summed E-state index contributed by atoms with van der Waals surface area (Å²) in [6.07, 6.45) is -8.80. The van der Waals surface area contributed by atoms with Gasteiger partial charge in [-0.15, -0.1) is 26.3 Å². The molecule has 0 aliphatic heterocycles. The number of alkyl halides is 6. The molecule has 1 aromatic carbocycles. The molecule has 2 rings (SSSR count). The molecule has 2 N–H and O–H groups in total. The molecule has 0 saturated heterocycles. The molecule has 0 bridgehead atoms. The van der Waals surface area contributed by atoms with Gasteiger partial charge >= 0.3 is 12.7 Å². The molecule has 1 unspecified atom stereocenters. The smallest absolute Gasteiger partial charge is 0.405 e. The molecule has 0 radical (unpaired) electrons. The van der Waals surface area contributed by atoms with Crippen LogP contribution >= 0.6 is 0 Å². The van der Waals surface area contributed by atoms with E-state index in [2.05, 4.69) is 9.47 Å². The molecule has 1 saturated carbocycles. The average molecular weight is 315 g/mol. The predicted octanol–water partition coefficient (Wildman–Crippen LogP) is 3.89. The lowest BCUT2D eigenvalue weighted by molar-refractivity contribution is -0.277. The van der Waals surface area contributed by atoms with Crippen LogP contribution in [0, 0.1) is 5.92 Å². The summed E-state index contributed by atoms with van der Waals surface area (Å²) in [5.74, 6) is -1.73. The van der Waals surface area contributed by atoms with Crippen molar-refractivity contribution in [2.75, 3.05) is 0 Å². The lowest BCUT2D eigenvalue weighted by atomic mass is 10.0. The Morgan fingerprint density at radius 3 is 1.71 bits per heavy atom. The number of hydrogen-bond acceptors (Lipinski definition) is 3. The zero-order valence-corrected chi connectivity index (χ0v) is 10.5. The van der Waals surface area contributed by atoms with Crippen molar-refractivity contribution in [3.05, 3.63) is 23.8 Å². The summed E-state index contributed by atoms with van der Waals surface area (Å²) in [6.45, 7) is 0. The first-order chi connectivity index (χ1) is 9.57. The van der Waals surface area contributed by atoms with E-state index in [4.69, 9.17) is 5.73 Å². The Hall–Kier alpha value is -1.64. The lowest BCUT2D eigenvalue weighted by Crippen LogP contribution is -2.24. The van der Waals surface area contributed by atoms with Crippen LogP contribution in [0.1, 0.15) is 24.4 Å². The topological polar surface area (TPSA) is 44.5 Å². The molecule has 1 aromatic rings. The van der Waals surface area contributed by atoms with Crippen LogP contribution in [0.5, 0.6) is 11.5 Å². The Kier molecular flexibility index (Phi) is 3.96. The number of rotatable bonds is 4. The zero-order chi connectivity index (χ0) is 15.8. The van der Waals surface area contributed by atoms with Crippen molar-refractivity contribution >= 4 is 0 Å². The van der Waals surface area contributed by atoms with E-state index in [9.17, 15) is 26.3 Å². The van der Waals surface area contributed by atoms with Crippen molar-refractivity contribution in [2.24, 2.45) is 11.7 Å². The number of hydrogen-bond donors (Lipinski definition) is 1. The van der Waals surface area contributed by atoms with Crippen LogP contribution in [0.3, 0.4) is 0 Å². The van der Waals surface area contributed by atoms with Crippen LogP contribution in [0.15, 0.2) is 18.2 Å². The third-order valence-electron chi connectivity index (χ3n) is 2.94. The first kappa shape index (κ1) is 15.7. The highest BCUT2D eigenvalue weighted by atomic mass is 19.4. The molecule has 0 heterocycles. The van der Waals surface area contributed by atoms with Crippen molar-refractivity contribution < 1.29 is 35.8 Å². The minimum atomic E-state index is -5.03. The number of nitrogens with two attached hydrogens (primary N) is 1. The number of ether oxygens (including phenoxy) is 2. The highest BCUT2D eigenvalue weighted by molar-refractivity contribution is 5.47. The molecule has 0 amide bonds. The molecule has 1 aliphatic rings. The molecule has 21 heavy (non-hydrogen) atoms. The van der Waals surface area contributed by atoms with Crippen LogP contribution < -0.4 is 15.2 Å². The van der Waals surface area contributed by atoms with E-state index in [0.717, 1.165) is 18.2 Å². The van der Waals surface area contributed by atoms with Gasteiger partial charge in [0.1, 0.15) is 11.5 Å². The monoisotopic (exact) mass is 315 g/mol. The quantitative estimate of drug-likeness (QED) is 0.857. The second kappa shape index (κ2) is 5.28. The molecule has 1 fully saturated rings. The first-order valence-electron chi connectivity index (χ1n) is 5.97. The highest BCUT2D eigenvalue weighted by Gasteiger charge is 2.40. The third-order valence-corrected chi connectivity index (χ3v) is 2.94. The summed E-state index contributed by atoms with van der Waals surface area (Å²) in [5, 5.41) is 0. The lowest BCUT2D eigenvalue weighted by Gasteiger charge is -2.21. The molecular formula is C12H11F6NO2. The van der Waals surface area contributed by atoms with Gasteiger partial charge in [-0.1, -0.05) is 6.07 Å². The standard InChI is InChI=1S/C12H11F6NO2/c13-11(14,15)20-7-2-1-3-8(21-12(16,17)18)9(7)10(19)6-4-5-6/h1-3,6,10H,4-5,19H2. The van der Waals surface area contributed by atoms with Gasteiger partial charge in [0.15, 0.2) is 0 Å². The van der Waals surface area contributed by atoms with Gasteiger partial charge in [0, 0.05) is 6.04 Å². The molecule has 0 aromatic heterocycles. The zero-order valence-electron chi connectivity index (χ0n) is 10.5. The molecule has 118 valence electrons. The summed E-state index contributed by atoms with van der Waals surface area (Å²) in [4.78, 5) is 0. The van der Waals surface area contributed by atoms with Crippen molar-refractivity contribution in [3.8, 4) is 11.5 Å². The van der Waals surface area contributed by atoms with E-state index in [1.54, 1.807) is 0 Å². The van der Waals surface area contributed by atoms with Crippen LogP contribution in [-0.2, 0) is 0 Å². The Bertz CT molecular complexity index is 475. The second-order valence-electron chi connectivity index (χ2n) is 4.63. The van der Waals surface area contributed by atoms with E-state index in [-0.39, 0.29) is 5.92 Å². The van der Waals surface area contributed by atoms with E-state index >= 15 is 0 Å². The van der Waals surface area contributed by atoms with E-state index in [1.807, 2.05) is 0 Å². The summed E-state index contributed by atoms with van der Waals surface area (Å²) in [7, 11) is 0. The first-order valence-corrected chi connectivity index (χ1v) is 5.97. The molecule has 1 aliphatic carbocycles. The minimum Gasteiger partial charge on any atom is -0.405 e. The maximum Gasteiger partial charge on any atom is 0.573 e. The van der Waals surface area contributed by atoms with Gasteiger partial charge in [0.25, 0.3) is 0 Å². The SMILES string of the molecule is NC(c1c(OC(F)(F)F)cccc1OC(F)(F)F)C1CC1. The molecular weight excluding hydrogens is 304 g/mol. The van der Waals surface area contributed by atoms with Gasteiger partial charge in [-0.25, -0.2) is 0 Å². The molecule has 3 nitrogen and oxygen atoms in total. The van der Waals surface area contributed by atoms with Crippen molar-refractivity contribution in [1.29, 1.82) is 0 Å². The third kappa shape index (κ3) is 4.42. The molecule has 9 heteroatoms. The Morgan fingerprint density at radius 2 is 1.38 bits per heavy atom. The molecule has 1 atom stereocenters. The van der Waals surface area contributed by atoms with Gasteiger partial charge in [0.2, 0.25) is 0 Å². The maximum atomic E-state index is 12.3. The number of halogens is 6. The Morgan fingerprint density at radius 1 is 0.952 bits per heavy atom. The Balaban J connectivity index is 2.41. The maximum absolute atomic E-state index is 12.3. The Labute approximate surface area is 115 Å². The van der Waals surface area contributed by atoms with E-state index < -0.39 is 35.8 Å². The van der Waals surface area contributed by atoms with Gasteiger partial charge in [-0.2, -0.15) is 0 Å². The minimum absolute atomic E-state index is 0.182. The van der Waals surface area contributed by atoms with Crippen molar-refractivity contribution in [1.82, 2.24) is 0 Å². The largest absolute Gasteiger partial charge is 0.573 e. The van der Waals surface area contributed by atoms with Gasteiger partial charge < -0.3 is 15.2 Å². The van der Waals surface area contributed by atoms with Gasteiger partial charge in [-0.05, 0) is 30.9 Å².